The van der Waals surface area contributed by atoms with Gasteiger partial charge in [0, 0.05) is 11.6 Å². The lowest BCUT2D eigenvalue weighted by molar-refractivity contribution is 0.267. The summed E-state index contributed by atoms with van der Waals surface area (Å²) in [6, 6.07) is 12.6. The van der Waals surface area contributed by atoms with Crippen LogP contribution in [0.2, 0.25) is 0 Å². The first-order chi connectivity index (χ1) is 9.11. The van der Waals surface area contributed by atoms with Crippen LogP contribution in [0.3, 0.4) is 0 Å². The summed E-state index contributed by atoms with van der Waals surface area (Å²) in [4.78, 5) is 0. The molecular weight excluding hydrogens is 234 g/mol. The van der Waals surface area contributed by atoms with Crippen molar-refractivity contribution in [3.05, 3.63) is 54.6 Å². The quantitative estimate of drug-likeness (QED) is 0.827. The molecule has 0 saturated heterocycles. The molecule has 100 valence electrons. The van der Waals surface area contributed by atoms with E-state index in [4.69, 9.17) is 10.5 Å². The van der Waals surface area contributed by atoms with Crippen molar-refractivity contribution in [3.8, 4) is 5.75 Å². The maximum absolute atomic E-state index is 5.97. The maximum atomic E-state index is 5.97. The number of ether oxygens (including phenoxy) is 1. The van der Waals surface area contributed by atoms with E-state index in [0.29, 0.717) is 0 Å². The van der Waals surface area contributed by atoms with Crippen LogP contribution < -0.4 is 10.5 Å². The van der Waals surface area contributed by atoms with Gasteiger partial charge in [-0.3, -0.25) is 0 Å². The minimum Gasteiger partial charge on any atom is -0.486 e. The highest BCUT2D eigenvalue weighted by Crippen LogP contribution is 2.29. The molecule has 0 heterocycles. The molecular formula is C17H21NO. The Labute approximate surface area is 114 Å². The lowest BCUT2D eigenvalue weighted by Crippen LogP contribution is -2.19. The molecule has 2 nitrogen and oxygen atoms in total. The van der Waals surface area contributed by atoms with Crippen LogP contribution in [-0.2, 0) is 6.42 Å². The Hall–Kier alpha value is -1.80. The van der Waals surface area contributed by atoms with Gasteiger partial charge in [-0.1, -0.05) is 43.0 Å². The third-order valence-corrected chi connectivity index (χ3v) is 3.17. The summed E-state index contributed by atoms with van der Waals surface area (Å²) in [6.07, 6.45) is 2.60. The summed E-state index contributed by atoms with van der Waals surface area (Å²) in [5.74, 6) is 0.906. The van der Waals surface area contributed by atoms with Crippen LogP contribution in [0.15, 0.2) is 49.1 Å². The summed E-state index contributed by atoms with van der Waals surface area (Å²) in [7, 11) is 0. The molecule has 19 heavy (non-hydrogen) atoms. The number of benzene rings is 2. The molecule has 0 fully saturated rings. The molecule has 2 aromatic rings. The van der Waals surface area contributed by atoms with Gasteiger partial charge in [-0.25, -0.2) is 0 Å². The van der Waals surface area contributed by atoms with Crippen molar-refractivity contribution in [2.75, 3.05) is 0 Å². The van der Waals surface area contributed by atoms with Crippen LogP contribution in [0.1, 0.15) is 19.4 Å². The molecule has 0 saturated carbocycles. The second kappa shape index (κ2) is 5.89. The number of hydrogen-bond donors (Lipinski definition) is 1. The van der Waals surface area contributed by atoms with Gasteiger partial charge in [0.2, 0.25) is 0 Å². The van der Waals surface area contributed by atoms with Crippen molar-refractivity contribution in [2.24, 2.45) is 5.73 Å². The molecule has 2 aromatic carbocycles. The van der Waals surface area contributed by atoms with Crippen LogP contribution in [0.5, 0.6) is 5.75 Å². The molecule has 0 spiro atoms. The molecule has 2 heteroatoms. The number of fused-ring (bicyclic) bond motifs is 1. The maximum Gasteiger partial charge on any atom is 0.124 e. The summed E-state index contributed by atoms with van der Waals surface area (Å²) in [5.41, 5.74) is 7.15. The molecule has 0 aromatic heterocycles. The Bertz CT molecular complexity index is 574. The largest absolute Gasteiger partial charge is 0.486 e. The highest BCUT2D eigenvalue weighted by atomic mass is 16.5. The van der Waals surface area contributed by atoms with Crippen molar-refractivity contribution in [1.82, 2.24) is 0 Å². The van der Waals surface area contributed by atoms with E-state index in [2.05, 4.69) is 24.8 Å². The van der Waals surface area contributed by atoms with Gasteiger partial charge in [-0.15, -0.1) is 0 Å². The predicted octanol–water partition coefficient (Wildman–Crippen LogP) is 3.68. The number of rotatable bonds is 5. The minimum absolute atomic E-state index is 0.00649. The monoisotopic (exact) mass is 255 g/mol. The van der Waals surface area contributed by atoms with Crippen molar-refractivity contribution >= 4 is 10.8 Å². The van der Waals surface area contributed by atoms with Crippen molar-refractivity contribution in [3.63, 3.8) is 0 Å². The Morgan fingerprint density at radius 1 is 1.21 bits per heavy atom. The minimum atomic E-state index is -0.00649. The van der Waals surface area contributed by atoms with Crippen LogP contribution in [-0.4, -0.2) is 12.1 Å². The molecule has 0 aliphatic carbocycles. The summed E-state index contributed by atoms with van der Waals surface area (Å²) >= 11 is 0. The summed E-state index contributed by atoms with van der Waals surface area (Å²) in [6.45, 7) is 7.76. The third kappa shape index (κ3) is 3.15. The average Bonchev–Trinajstić information content (AvgIpc) is 2.40. The molecule has 2 unspecified atom stereocenters. The first kappa shape index (κ1) is 13.6. The van der Waals surface area contributed by atoms with E-state index < -0.39 is 0 Å². The average molecular weight is 255 g/mol. The van der Waals surface area contributed by atoms with Gasteiger partial charge in [0.15, 0.2) is 0 Å². The summed E-state index contributed by atoms with van der Waals surface area (Å²) < 4.78 is 5.93. The van der Waals surface area contributed by atoms with E-state index in [1.807, 2.05) is 32.0 Å². The molecule has 0 radical (unpaired) electrons. The van der Waals surface area contributed by atoms with Crippen LogP contribution in [0, 0.1) is 0 Å². The second-order valence-electron chi connectivity index (χ2n) is 5.00. The fraction of sp³-hybridized carbons (Fsp3) is 0.294. The predicted molar refractivity (Wildman–Crippen MR) is 81.6 cm³/mol. The van der Waals surface area contributed by atoms with E-state index in [-0.39, 0.29) is 12.1 Å². The molecule has 0 bridgehead atoms. The second-order valence-corrected chi connectivity index (χ2v) is 5.00. The highest BCUT2D eigenvalue weighted by molar-refractivity contribution is 5.87. The number of nitrogens with two attached hydrogens (primary N) is 1. The topological polar surface area (TPSA) is 35.2 Å². The van der Waals surface area contributed by atoms with E-state index >= 15 is 0 Å². The van der Waals surface area contributed by atoms with E-state index in [1.54, 1.807) is 6.08 Å². The highest BCUT2D eigenvalue weighted by Gasteiger charge is 2.12. The zero-order valence-corrected chi connectivity index (χ0v) is 11.6. The van der Waals surface area contributed by atoms with E-state index in [9.17, 15) is 0 Å². The standard InChI is InChI=1S/C17H21NO/c1-4-13(3)19-17-10-9-14-7-5-6-8-15(14)16(17)11-12(2)18/h4-10,12-13H,1,11,18H2,2-3H3. The zero-order chi connectivity index (χ0) is 13.8. The molecule has 2 atom stereocenters. The Morgan fingerprint density at radius 2 is 1.95 bits per heavy atom. The molecule has 0 aliphatic rings. The number of hydrogen-bond acceptors (Lipinski definition) is 2. The Kier molecular flexibility index (Phi) is 4.23. The van der Waals surface area contributed by atoms with Crippen molar-refractivity contribution in [1.29, 1.82) is 0 Å². The van der Waals surface area contributed by atoms with Gasteiger partial charge < -0.3 is 10.5 Å². The third-order valence-electron chi connectivity index (χ3n) is 3.17. The first-order valence-corrected chi connectivity index (χ1v) is 6.67. The van der Waals surface area contributed by atoms with Gasteiger partial charge in [0.25, 0.3) is 0 Å². The lowest BCUT2D eigenvalue weighted by Gasteiger charge is -2.18. The van der Waals surface area contributed by atoms with Gasteiger partial charge in [-0.05, 0) is 37.1 Å². The van der Waals surface area contributed by atoms with E-state index in [0.717, 1.165) is 12.2 Å². The smallest absolute Gasteiger partial charge is 0.124 e. The molecule has 0 amide bonds. The molecule has 2 rings (SSSR count). The van der Waals surface area contributed by atoms with Gasteiger partial charge >= 0.3 is 0 Å². The van der Waals surface area contributed by atoms with E-state index in [1.165, 1.54) is 16.3 Å². The Morgan fingerprint density at radius 3 is 2.63 bits per heavy atom. The normalized spacial score (nSPS) is 14.1. The zero-order valence-electron chi connectivity index (χ0n) is 11.6. The van der Waals surface area contributed by atoms with Gasteiger partial charge in [0.05, 0.1) is 0 Å². The van der Waals surface area contributed by atoms with Gasteiger partial charge in [0.1, 0.15) is 11.9 Å². The van der Waals surface area contributed by atoms with Crippen LogP contribution in [0.4, 0.5) is 0 Å². The lowest BCUT2D eigenvalue weighted by atomic mass is 9.98. The fourth-order valence-electron chi connectivity index (χ4n) is 2.21. The van der Waals surface area contributed by atoms with Crippen LogP contribution >= 0.6 is 0 Å². The molecule has 2 N–H and O–H groups in total. The first-order valence-electron chi connectivity index (χ1n) is 6.67. The Balaban J connectivity index is 2.52. The van der Waals surface area contributed by atoms with Crippen molar-refractivity contribution in [2.45, 2.75) is 32.4 Å². The summed E-state index contributed by atoms with van der Waals surface area (Å²) in [5, 5.41) is 2.44. The van der Waals surface area contributed by atoms with Crippen molar-refractivity contribution < 1.29 is 4.74 Å². The fourth-order valence-corrected chi connectivity index (χ4v) is 2.21. The van der Waals surface area contributed by atoms with Gasteiger partial charge in [-0.2, -0.15) is 0 Å². The SMILES string of the molecule is C=CC(C)Oc1ccc2ccccc2c1CC(C)N. The van der Waals surface area contributed by atoms with Crippen LogP contribution in [0.25, 0.3) is 10.8 Å². The molecule has 0 aliphatic heterocycles.